The number of ether oxygens (including phenoxy) is 5. The Morgan fingerprint density at radius 3 is 2.16 bits per heavy atom. The Bertz CT molecular complexity index is 3560. The molecule has 11 N–H and O–H groups in total. The summed E-state index contributed by atoms with van der Waals surface area (Å²) in [6.45, 7) is -4.32. The Hall–Kier alpha value is -5.15. The standard InChI is InChI=1S/C33H43N15O24P4/c1-45-10-48(25-15(45)27(53)44-32(36)42-25)29-18(51)19(62-2)12(68-29)4-65-74(56,57)71-76(60,61)72-75(58,59)66-6-33-5-63-20(30(69-33)46-8-39-13-22(34)37-7-38-23(13)46)21(33)70-73(54,55)64-3-11-16(49)17(50)28(67-11)47-9-40-14-24(47)41-31(35)43-26(14)52/h7-12,16-21,28-30,49-51H,3-6H2,1-2H3,(H11-,34,35,36,37,38,41,42,43,44,52,53,54,55,56,57,58,59,60,61)/p-3/t11-,12-,16+,17?,18+,19?,20+,21?,28-,29-,30-,33-/m1/s1. The fourth-order valence-electron chi connectivity index (χ4n) is 8.98. The third-order valence-corrected chi connectivity index (χ3v) is 17.3. The van der Waals surface area contributed by atoms with Gasteiger partial charge in [-0.25, -0.2) is 33.1 Å². The van der Waals surface area contributed by atoms with Crippen LogP contribution in [0.4, 0.5) is 17.7 Å². The predicted molar refractivity (Wildman–Crippen MR) is 233 cm³/mol. The zero-order valence-corrected chi connectivity index (χ0v) is 42.0. The summed E-state index contributed by atoms with van der Waals surface area (Å²) in [6, 6.07) is 0. The molecule has 10 heterocycles. The number of nitrogens with zero attached hydrogens (tertiary/aromatic N) is 10. The maximum Gasteiger partial charge on any atom is 0.313 e. The molecule has 0 aliphatic carbocycles. The molecule has 0 radical (unpaired) electrons. The molecule has 76 heavy (non-hydrogen) atoms. The Morgan fingerprint density at radius 2 is 1.43 bits per heavy atom. The van der Waals surface area contributed by atoms with Gasteiger partial charge in [-0.3, -0.25) is 51.5 Å². The van der Waals surface area contributed by atoms with Crippen LogP contribution in [-0.4, -0.2) is 157 Å². The van der Waals surface area contributed by atoms with Crippen LogP contribution in [0.5, 0.6) is 0 Å². The number of anilines is 3. The number of fused-ring (bicyclic) bond motifs is 5. The second-order valence-corrected chi connectivity index (χ2v) is 23.0. The van der Waals surface area contributed by atoms with Crippen molar-refractivity contribution in [3.05, 3.63) is 46.0 Å². The normalized spacial score (nSPS) is 31.8. The number of aromatic nitrogens is 12. The Morgan fingerprint density at radius 1 is 0.789 bits per heavy atom. The molecule has 0 aromatic carbocycles. The summed E-state index contributed by atoms with van der Waals surface area (Å²) in [5.74, 6) is -0.724. The van der Waals surface area contributed by atoms with Crippen LogP contribution in [0, 0.1) is 0 Å². The lowest BCUT2D eigenvalue weighted by molar-refractivity contribution is -0.745. The SMILES string of the molecule is COC1[C@@H](COP(=O)([O-])OP(=O)([O-])OP(=O)([O-])OC[C@]23CO[C@@H](C2OP(=O)([O-])OC[C@H]2O[C@@H](n4cnc5c(=O)[nH]c(N)nc54)C(O)[C@H]2O)[C@H](n2cnc4c(N)ncnc42)O3)O[C@@H]([n+]2cn(C)c3c(=O)[nH]c(N)nc32)[C@H]1O. The molecule has 4 aliphatic rings. The molecule has 6 aromatic rings. The van der Waals surface area contributed by atoms with E-state index in [0.717, 1.165) is 30.7 Å². The fraction of sp³-hybridized carbons (Fsp3) is 0.545. The quantitative estimate of drug-likeness (QED) is 0.0276. The van der Waals surface area contributed by atoms with Gasteiger partial charge in [0.15, 0.2) is 41.4 Å². The molecule has 7 unspecified atom stereocenters. The van der Waals surface area contributed by atoms with Gasteiger partial charge in [-0.2, -0.15) is 4.98 Å². The summed E-state index contributed by atoms with van der Waals surface area (Å²) in [5.41, 5.74) is 13.1. The van der Waals surface area contributed by atoms with Gasteiger partial charge in [-0.05, 0) is 0 Å². The molecule has 0 spiro atoms. The molecule has 2 bridgehead atoms. The van der Waals surface area contributed by atoms with E-state index < -0.39 is 142 Å². The molecule has 414 valence electrons. The van der Waals surface area contributed by atoms with E-state index in [-0.39, 0.29) is 51.2 Å². The van der Waals surface area contributed by atoms with Crippen LogP contribution < -0.4 is 52.5 Å². The van der Waals surface area contributed by atoms with Crippen LogP contribution in [0.2, 0.25) is 0 Å². The van der Waals surface area contributed by atoms with Gasteiger partial charge in [0.25, 0.3) is 48.4 Å². The van der Waals surface area contributed by atoms with Crippen LogP contribution in [0.25, 0.3) is 33.5 Å². The van der Waals surface area contributed by atoms with Gasteiger partial charge >= 0.3 is 5.65 Å². The number of aliphatic hydroxyl groups excluding tert-OH is 3. The number of phosphoric acid groups is 4. The van der Waals surface area contributed by atoms with Crippen LogP contribution in [-0.2, 0) is 75.7 Å². The molecule has 4 aliphatic heterocycles. The summed E-state index contributed by atoms with van der Waals surface area (Å²) in [4.78, 5) is 106. The topological polar surface area (TPSA) is 563 Å². The van der Waals surface area contributed by atoms with Crippen molar-refractivity contribution in [2.75, 3.05) is 50.7 Å². The van der Waals surface area contributed by atoms with E-state index in [1.54, 1.807) is 0 Å². The van der Waals surface area contributed by atoms with E-state index in [1.807, 2.05) is 0 Å². The number of nitrogens with one attached hydrogen (secondary N) is 2. The van der Waals surface area contributed by atoms with Gasteiger partial charge in [-0.15, -0.1) is 0 Å². The van der Waals surface area contributed by atoms with E-state index in [1.165, 1.54) is 27.1 Å². The first-order valence-electron chi connectivity index (χ1n) is 21.6. The Balaban J connectivity index is 0.813. The van der Waals surface area contributed by atoms with Crippen molar-refractivity contribution in [3.63, 3.8) is 0 Å². The number of aryl methyl sites for hydroxylation is 1. The first-order valence-corrected chi connectivity index (χ1v) is 27.4. The van der Waals surface area contributed by atoms with Gasteiger partial charge in [0.2, 0.25) is 17.7 Å². The molecular weight excluding hydrogens is 1110 g/mol. The van der Waals surface area contributed by atoms with Gasteiger partial charge in [0.1, 0.15) is 66.3 Å². The van der Waals surface area contributed by atoms with Crippen LogP contribution in [0.3, 0.4) is 0 Å². The molecular formula is C33H40N15O24P4-3. The molecule has 4 saturated heterocycles. The number of imidazole rings is 3. The van der Waals surface area contributed by atoms with Crippen molar-refractivity contribution >= 4 is 82.5 Å². The first-order chi connectivity index (χ1) is 35.7. The number of nitrogen functional groups attached to an aromatic ring is 3. The van der Waals surface area contributed by atoms with Gasteiger partial charge in [-0.1, -0.05) is 4.98 Å². The third-order valence-electron chi connectivity index (χ3n) is 12.2. The van der Waals surface area contributed by atoms with Gasteiger partial charge in [0, 0.05) is 7.11 Å². The molecule has 43 heteroatoms. The molecule has 6 aromatic heterocycles. The number of H-pyrrole nitrogens is 2. The minimum absolute atomic E-state index is 0.00172. The molecule has 39 nitrogen and oxygen atoms in total. The minimum Gasteiger partial charge on any atom is -0.756 e. The van der Waals surface area contributed by atoms with E-state index in [4.69, 9.17) is 54.5 Å². The van der Waals surface area contributed by atoms with E-state index in [2.05, 4.69) is 53.0 Å². The third kappa shape index (κ3) is 10.0. The van der Waals surface area contributed by atoms with Crippen LogP contribution in [0.1, 0.15) is 18.7 Å². The predicted octanol–water partition coefficient (Wildman–Crippen LogP) is -6.83. The highest BCUT2D eigenvalue weighted by Gasteiger charge is 2.65. The Labute approximate surface area is 420 Å². The fourth-order valence-corrected chi connectivity index (χ4v) is 13.4. The Kier molecular flexibility index (Phi) is 14.0. The summed E-state index contributed by atoms with van der Waals surface area (Å²) in [5, 5.41) is 32.8. The number of aromatic amines is 2. The summed E-state index contributed by atoms with van der Waals surface area (Å²) in [6.07, 6.45) is -13.2. The van der Waals surface area contributed by atoms with E-state index in [0.29, 0.717) is 0 Å². The highest BCUT2D eigenvalue weighted by atomic mass is 31.3. The molecule has 0 amide bonds. The van der Waals surface area contributed by atoms with Gasteiger partial charge < -0.3 is 93.9 Å². The monoisotopic (exact) mass is 1150 g/mol. The number of aliphatic hydroxyl groups is 3. The first kappa shape index (κ1) is 54.2. The highest BCUT2D eigenvalue weighted by Crippen LogP contribution is 2.64. The zero-order chi connectivity index (χ0) is 54.6. The van der Waals surface area contributed by atoms with Crippen molar-refractivity contribution in [2.45, 2.75) is 73.1 Å². The summed E-state index contributed by atoms with van der Waals surface area (Å²) >= 11 is 0. The summed E-state index contributed by atoms with van der Waals surface area (Å²) in [7, 11) is -22.2. The van der Waals surface area contributed by atoms with Crippen molar-refractivity contribution in [1.29, 1.82) is 0 Å². The number of rotatable bonds is 19. The lowest BCUT2D eigenvalue weighted by Crippen LogP contribution is -2.46. The molecule has 16 atom stereocenters. The van der Waals surface area contributed by atoms with Crippen molar-refractivity contribution in [3.8, 4) is 0 Å². The second kappa shape index (κ2) is 19.6. The molecule has 4 fully saturated rings. The molecule has 0 saturated carbocycles. The van der Waals surface area contributed by atoms with Gasteiger partial charge in [0.05, 0.1) is 46.1 Å². The lowest BCUT2D eigenvalue weighted by Gasteiger charge is -2.37. The van der Waals surface area contributed by atoms with Crippen molar-refractivity contribution < 1.29 is 108 Å². The minimum atomic E-state index is -6.57. The smallest absolute Gasteiger partial charge is 0.313 e. The molecule has 10 rings (SSSR count). The average Bonchev–Trinajstić information content (AvgIpc) is 4.23. The second-order valence-electron chi connectivity index (χ2n) is 17.1. The van der Waals surface area contributed by atoms with E-state index in [9.17, 15) is 62.7 Å². The number of nitrogens with two attached hydrogens (primary N) is 3. The lowest BCUT2D eigenvalue weighted by atomic mass is 10.0. The maximum absolute atomic E-state index is 13.6. The number of methoxy groups -OCH3 is 1. The van der Waals surface area contributed by atoms with Crippen molar-refractivity contribution in [1.82, 2.24) is 53.6 Å². The number of phosphoric ester groups is 3. The number of hydrogen-bond acceptors (Lipinski definition) is 33. The van der Waals surface area contributed by atoms with Crippen LogP contribution in [0.15, 0.2) is 34.9 Å². The largest absolute Gasteiger partial charge is 0.756 e. The average molecular weight is 1150 g/mol. The van der Waals surface area contributed by atoms with Crippen LogP contribution >= 0.6 is 31.3 Å². The zero-order valence-electron chi connectivity index (χ0n) is 38.4. The van der Waals surface area contributed by atoms with E-state index >= 15 is 0 Å². The highest BCUT2D eigenvalue weighted by molar-refractivity contribution is 7.65. The maximum atomic E-state index is 13.6. The number of hydrogen-bond donors (Lipinski definition) is 8. The summed E-state index contributed by atoms with van der Waals surface area (Å²) < 4.78 is 114. The van der Waals surface area contributed by atoms with Crippen molar-refractivity contribution in [2.24, 2.45) is 7.05 Å².